The highest BCUT2D eigenvalue weighted by Gasteiger charge is 2.26. The van der Waals surface area contributed by atoms with Crippen molar-refractivity contribution >= 4 is 5.91 Å². The Balaban J connectivity index is 1.50. The van der Waals surface area contributed by atoms with Crippen LogP contribution in [0.4, 0.5) is 4.39 Å². The number of nitrogens with zero attached hydrogens (tertiary/aromatic N) is 4. The number of aryl methyl sites for hydroxylation is 2. The van der Waals surface area contributed by atoms with Crippen molar-refractivity contribution in [1.29, 1.82) is 0 Å². The molecule has 3 aromatic rings. The van der Waals surface area contributed by atoms with Crippen LogP contribution in [0.2, 0.25) is 0 Å². The van der Waals surface area contributed by atoms with Gasteiger partial charge in [-0.05, 0) is 31.5 Å². The second-order valence-corrected chi connectivity index (χ2v) is 7.92. The van der Waals surface area contributed by atoms with E-state index in [2.05, 4.69) is 35.1 Å². The Bertz CT molecular complexity index is 1170. The van der Waals surface area contributed by atoms with Gasteiger partial charge in [0.25, 0.3) is 5.91 Å². The molecule has 7 heteroatoms. The van der Waals surface area contributed by atoms with Gasteiger partial charge in [0.2, 0.25) is 5.43 Å². The Kier molecular flexibility index (Phi) is 5.95. The summed E-state index contributed by atoms with van der Waals surface area (Å²) in [4.78, 5) is 29.5. The van der Waals surface area contributed by atoms with Gasteiger partial charge in [0.15, 0.2) is 5.69 Å². The third-order valence-corrected chi connectivity index (χ3v) is 5.54. The zero-order valence-electron chi connectivity index (χ0n) is 17.7. The van der Waals surface area contributed by atoms with Crippen LogP contribution in [0.1, 0.15) is 27.3 Å². The number of hydrogen-bond donors (Lipinski definition) is 0. The first-order chi connectivity index (χ1) is 14.9. The number of rotatable bonds is 4. The average Bonchev–Trinajstić information content (AvgIpc) is 2.75. The van der Waals surface area contributed by atoms with Gasteiger partial charge in [0, 0.05) is 44.5 Å². The second-order valence-electron chi connectivity index (χ2n) is 7.92. The van der Waals surface area contributed by atoms with Crippen molar-refractivity contribution in [1.82, 2.24) is 19.6 Å². The van der Waals surface area contributed by atoms with Crippen molar-refractivity contribution in [3.63, 3.8) is 0 Å². The highest BCUT2D eigenvalue weighted by molar-refractivity contribution is 5.92. The predicted molar refractivity (Wildman–Crippen MR) is 117 cm³/mol. The molecule has 2 heterocycles. The van der Waals surface area contributed by atoms with E-state index >= 15 is 0 Å². The molecule has 0 aliphatic carbocycles. The Morgan fingerprint density at radius 2 is 1.74 bits per heavy atom. The van der Waals surface area contributed by atoms with Gasteiger partial charge >= 0.3 is 0 Å². The van der Waals surface area contributed by atoms with Crippen LogP contribution in [0, 0.1) is 19.7 Å². The van der Waals surface area contributed by atoms with Gasteiger partial charge in [-0.2, -0.15) is 5.10 Å². The number of carbonyl (C=O) groups excluding carboxylic acids is 1. The van der Waals surface area contributed by atoms with Gasteiger partial charge in [-0.1, -0.05) is 42.0 Å². The maximum atomic E-state index is 14.3. The lowest BCUT2D eigenvalue weighted by Crippen LogP contribution is -2.49. The summed E-state index contributed by atoms with van der Waals surface area (Å²) in [5.41, 5.74) is 2.51. The molecule has 0 atom stereocenters. The Hall–Kier alpha value is -3.32. The maximum Gasteiger partial charge on any atom is 0.278 e. The van der Waals surface area contributed by atoms with Crippen LogP contribution in [0.3, 0.4) is 0 Å². The fourth-order valence-electron chi connectivity index (χ4n) is 3.89. The van der Waals surface area contributed by atoms with E-state index in [1.807, 2.05) is 6.07 Å². The number of hydrogen-bond acceptors (Lipinski definition) is 4. The highest BCUT2D eigenvalue weighted by atomic mass is 19.1. The van der Waals surface area contributed by atoms with E-state index in [0.29, 0.717) is 31.9 Å². The fraction of sp³-hybridized carbons (Fsp3) is 0.292. The molecule has 160 valence electrons. The topological polar surface area (TPSA) is 58.4 Å². The lowest BCUT2D eigenvalue weighted by molar-refractivity contribution is 0.0619. The van der Waals surface area contributed by atoms with E-state index in [-0.39, 0.29) is 11.4 Å². The molecule has 0 radical (unpaired) electrons. The Labute approximate surface area is 180 Å². The van der Waals surface area contributed by atoms with E-state index in [1.54, 1.807) is 30.0 Å². The van der Waals surface area contributed by atoms with E-state index in [9.17, 15) is 14.0 Å². The third kappa shape index (κ3) is 4.56. The van der Waals surface area contributed by atoms with Crippen LogP contribution in [0.25, 0.3) is 5.69 Å². The molecule has 31 heavy (non-hydrogen) atoms. The van der Waals surface area contributed by atoms with Crippen molar-refractivity contribution in [2.75, 3.05) is 26.2 Å². The van der Waals surface area contributed by atoms with Crippen molar-refractivity contribution < 1.29 is 9.18 Å². The van der Waals surface area contributed by atoms with Crippen LogP contribution in [0.5, 0.6) is 0 Å². The SMILES string of the molecule is Cc1cccc(CN2CCN(C(=O)c3nn(-c4ccccc4F)c(C)cc3=O)CC2)c1. The van der Waals surface area contributed by atoms with Crippen LogP contribution < -0.4 is 5.43 Å². The van der Waals surface area contributed by atoms with E-state index in [4.69, 9.17) is 0 Å². The molecule has 0 saturated carbocycles. The summed E-state index contributed by atoms with van der Waals surface area (Å²) in [6, 6.07) is 15.9. The normalized spacial score (nSPS) is 14.6. The summed E-state index contributed by atoms with van der Waals surface area (Å²) >= 11 is 0. The average molecular weight is 420 g/mol. The summed E-state index contributed by atoms with van der Waals surface area (Å²) in [5, 5.41) is 4.23. The molecule has 1 saturated heterocycles. The standard InChI is InChI=1S/C24H25FN4O2/c1-17-6-5-7-19(14-17)16-27-10-12-28(13-11-27)24(31)23-22(30)15-18(2)29(26-23)21-9-4-3-8-20(21)25/h3-9,14-15H,10-13,16H2,1-2H3. The molecule has 0 N–H and O–H groups in total. The molecule has 1 aliphatic rings. The molecule has 1 aromatic heterocycles. The number of carbonyl (C=O) groups is 1. The van der Waals surface area contributed by atoms with Gasteiger partial charge in [0.05, 0.1) is 0 Å². The summed E-state index contributed by atoms with van der Waals surface area (Å²) in [7, 11) is 0. The minimum absolute atomic E-state index is 0.180. The monoisotopic (exact) mass is 420 g/mol. The Morgan fingerprint density at radius 1 is 1.00 bits per heavy atom. The molecule has 4 rings (SSSR count). The molecule has 6 nitrogen and oxygen atoms in total. The van der Waals surface area contributed by atoms with E-state index in [1.165, 1.54) is 27.9 Å². The first-order valence-electron chi connectivity index (χ1n) is 10.4. The van der Waals surface area contributed by atoms with E-state index < -0.39 is 17.2 Å². The van der Waals surface area contributed by atoms with Crippen LogP contribution in [-0.4, -0.2) is 51.7 Å². The highest BCUT2D eigenvalue weighted by Crippen LogP contribution is 2.15. The zero-order valence-corrected chi connectivity index (χ0v) is 17.7. The predicted octanol–water partition coefficient (Wildman–Crippen LogP) is 2.95. The van der Waals surface area contributed by atoms with Crippen molar-refractivity contribution in [3.05, 3.63) is 93.2 Å². The summed E-state index contributed by atoms with van der Waals surface area (Å²) < 4.78 is 15.6. The molecule has 1 aliphatic heterocycles. The van der Waals surface area contributed by atoms with Crippen molar-refractivity contribution in [2.45, 2.75) is 20.4 Å². The number of benzene rings is 2. The molecule has 2 aromatic carbocycles. The van der Waals surface area contributed by atoms with Gasteiger partial charge in [0.1, 0.15) is 11.5 Å². The summed E-state index contributed by atoms with van der Waals surface area (Å²) in [6.45, 7) is 7.02. The molecular weight excluding hydrogens is 395 g/mol. The van der Waals surface area contributed by atoms with Crippen molar-refractivity contribution in [3.8, 4) is 5.69 Å². The van der Waals surface area contributed by atoms with Crippen molar-refractivity contribution in [2.24, 2.45) is 0 Å². The smallest absolute Gasteiger partial charge is 0.278 e. The zero-order chi connectivity index (χ0) is 22.0. The van der Waals surface area contributed by atoms with Gasteiger partial charge in [-0.25, -0.2) is 9.07 Å². The van der Waals surface area contributed by atoms with Gasteiger partial charge in [-0.3, -0.25) is 14.5 Å². The molecule has 0 unspecified atom stereocenters. The number of aromatic nitrogens is 2. The third-order valence-electron chi connectivity index (χ3n) is 5.54. The second kappa shape index (κ2) is 8.81. The molecule has 0 spiro atoms. The quantitative estimate of drug-likeness (QED) is 0.651. The molecule has 0 bridgehead atoms. The van der Waals surface area contributed by atoms with Crippen LogP contribution in [-0.2, 0) is 6.54 Å². The lowest BCUT2D eigenvalue weighted by atomic mass is 10.1. The first-order valence-corrected chi connectivity index (χ1v) is 10.4. The summed E-state index contributed by atoms with van der Waals surface area (Å²) in [6.07, 6.45) is 0. The lowest BCUT2D eigenvalue weighted by Gasteiger charge is -2.34. The minimum atomic E-state index is -0.468. The van der Waals surface area contributed by atoms with E-state index in [0.717, 1.165) is 6.54 Å². The Morgan fingerprint density at radius 3 is 2.45 bits per heavy atom. The van der Waals surface area contributed by atoms with Crippen LogP contribution >= 0.6 is 0 Å². The van der Waals surface area contributed by atoms with Gasteiger partial charge < -0.3 is 4.90 Å². The first kappa shape index (κ1) is 20.9. The number of halogens is 1. The molecule has 1 fully saturated rings. The maximum absolute atomic E-state index is 14.3. The van der Waals surface area contributed by atoms with Gasteiger partial charge in [-0.15, -0.1) is 0 Å². The molecule has 1 amide bonds. The molecular formula is C24H25FN4O2. The fourth-order valence-corrected chi connectivity index (χ4v) is 3.89. The largest absolute Gasteiger partial charge is 0.335 e. The number of amides is 1. The summed E-state index contributed by atoms with van der Waals surface area (Å²) in [5.74, 6) is -0.879. The minimum Gasteiger partial charge on any atom is -0.335 e. The number of para-hydroxylation sites is 1. The van der Waals surface area contributed by atoms with Crippen LogP contribution in [0.15, 0.2) is 59.4 Å². The number of piperazine rings is 1.